The molecule has 2 N–H and O–H groups in total. The van der Waals surface area contributed by atoms with Gasteiger partial charge in [0, 0.05) is 34.3 Å². The Balaban J connectivity index is 2.23. The number of benzene rings is 1. The molecule has 2 nitrogen and oxygen atoms in total. The van der Waals surface area contributed by atoms with E-state index in [4.69, 9.17) is 17.3 Å². The third kappa shape index (κ3) is 2.22. The molecule has 2 rings (SSSR count). The quantitative estimate of drug-likeness (QED) is 0.854. The number of halogens is 2. The van der Waals surface area contributed by atoms with Crippen molar-refractivity contribution in [3.63, 3.8) is 0 Å². The summed E-state index contributed by atoms with van der Waals surface area (Å²) in [5, 5.41) is 0.759. The van der Waals surface area contributed by atoms with Gasteiger partial charge in [-0.15, -0.1) is 0 Å². The first-order valence-corrected chi connectivity index (χ1v) is 5.79. The Hall–Kier alpha value is -0.250. The van der Waals surface area contributed by atoms with E-state index in [1.54, 1.807) is 0 Å². The molecule has 0 aliphatic carbocycles. The SMILES string of the molecule is NC1CCN(c2cc(Cl)cc(Br)c2)C1. The van der Waals surface area contributed by atoms with Crippen LogP contribution in [0.1, 0.15) is 6.42 Å². The summed E-state index contributed by atoms with van der Waals surface area (Å²) >= 11 is 9.41. The normalized spacial score (nSPS) is 21.6. The highest BCUT2D eigenvalue weighted by molar-refractivity contribution is 9.10. The lowest BCUT2D eigenvalue weighted by atomic mass is 10.3. The maximum absolute atomic E-state index is 5.98. The summed E-state index contributed by atoms with van der Waals surface area (Å²) in [5.74, 6) is 0. The van der Waals surface area contributed by atoms with Gasteiger partial charge < -0.3 is 10.6 Å². The predicted octanol–water partition coefficient (Wildman–Crippen LogP) is 2.64. The minimum atomic E-state index is 0.299. The van der Waals surface area contributed by atoms with Crippen LogP contribution >= 0.6 is 27.5 Å². The van der Waals surface area contributed by atoms with E-state index >= 15 is 0 Å². The zero-order valence-corrected chi connectivity index (χ0v) is 10.1. The number of anilines is 1. The smallest absolute Gasteiger partial charge is 0.0437 e. The molecule has 1 heterocycles. The van der Waals surface area contributed by atoms with Crippen molar-refractivity contribution in [1.29, 1.82) is 0 Å². The molecule has 1 aromatic rings. The van der Waals surface area contributed by atoms with Crippen molar-refractivity contribution in [2.24, 2.45) is 5.73 Å². The van der Waals surface area contributed by atoms with Crippen LogP contribution in [0.25, 0.3) is 0 Å². The molecule has 1 atom stereocenters. The summed E-state index contributed by atoms with van der Waals surface area (Å²) in [6, 6.07) is 6.24. The fraction of sp³-hybridized carbons (Fsp3) is 0.400. The molecule has 1 aliphatic heterocycles. The number of rotatable bonds is 1. The highest BCUT2D eigenvalue weighted by atomic mass is 79.9. The topological polar surface area (TPSA) is 29.3 Å². The minimum Gasteiger partial charge on any atom is -0.370 e. The molecule has 1 fully saturated rings. The van der Waals surface area contributed by atoms with E-state index < -0.39 is 0 Å². The van der Waals surface area contributed by atoms with Crippen molar-refractivity contribution in [1.82, 2.24) is 0 Å². The van der Waals surface area contributed by atoms with Gasteiger partial charge >= 0.3 is 0 Å². The molecule has 0 amide bonds. The van der Waals surface area contributed by atoms with Crippen LogP contribution in [0.2, 0.25) is 5.02 Å². The standard InChI is InChI=1S/C10H12BrClN2/c11-7-3-8(12)5-10(4-7)14-2-1-9(13)6-14/h3-5,9H,1-2,6,13H2. The average molecular weight is 276 g/mol. The molecule has 76 valence electrons. The molecule has 0 bridgehead atoms. The first-order chi connectivity index (χ1) is 6.65. The molecule has 1 unspecified atom stereocenters. The Bertz CT molecular complexity index is 323. The summed E-state index contributed by atoms with van der Waals surface area (Å²) in [7, 11) is 0. The van der Waals surface area contributed by atoms with Crippen LogP contribution in [0.15, 0.2) is 22.7 Å². The minimum absolute atomic E-state index is 0.299. The second-order valence-electron chi connectivity index (χ2n) is 3.62. The largest absolute Gasteiger partial charge is 0.370 e. The maximum Gasteiger partial charge on any atom is 0.0437 e. The zero-order valence-electron chi connectivity index (χ0n) is 7.71. The van der Waals surface area contributed by atoms with Gasteiger partial charge in [-0.05, 0) is 24.6 Å². The van der Waals surface area contributed by atoms with Gasteiger partial charge in [-0.3, -0.25) is 0 Å². The summed E-state index contributed by atoms with van der Waals surface area (Å²) in [5.41, 5.74) is 7.00. The maximum atomic E-state index is 5.98. The van der Waals surface area contributed by atoms with E-state index in [0.717, 1.165) is 34.7 Å². The second-order valence-corrected chi connectivity index (χ2v) is 4.97. The van der Waals surface area contributed by atoms with Crippen LogP contribution in [-0.4, -0.2) is 19.1 Å². The van der Waals surface area contributed by atoms with Crippen LogP contribution in [-0.2, 0) is 0 Å². The summed E-state index contributed by atoms with van der Waals surface area (Å²) in [6.07, 6.45) is 1.06. The third-order valence-electron chi connectivity index (χ3n) is 2.44. The Kier molecular flexibility index (Phi) is 3.00. The van der Waals surface area contributed by atoms with Gasteiger partial charge in [0.15, 0.2) is 0 Å². The van der Waals surface area contributed by atoms with E-state index in [0.29, 0.717) is 6.04 Å². The summed E-state index contributed by atoms with van der Waals surface area (Å²) in [6.45, 7) is 1.95. The zero-order chi connectivity index (χ0) is 10.1. The lowest BCUT2D eigenvalue weighted by Gasteiger charge is -2.18. The third-order valence-corrected chi connectivity index (χ3v) is 3.11. The Morgan fingerprint density at radius 1 is 1.43 bits per heavy atom. The van der Waals surface area contributed by atoms with Crippen molar-refractivity contribution in [2.75, 3.05) is 18.0 Å². The highest BCUT2D eigenvalue weighted by Gasteiger charge is 2.19. The van der Waals surface area contributed by atoms with Gasteiger partial charge in [0.05, 0.1) is 0 Å². The van der Waals surface area contributed by atoms with Gasteiger partial charge in [0.1, 0.15) is 0 Å². The summed E-state index contributed by atoms with van der Waals surface area (Å²) in [4.78, 5) is 2.27. The van der Waals surface area contributed by atoms with Gasteiger partial charge in [-0.2, -0.15) is 0 Å². The van der Waals surface area contributed by atoms with Crippen molar-refractivity contribution in [2.45, 2.75) is 12.5 Å². The van der Waals surface area contributed by atoms with Gasteiger partial charge in [-0.25, -0.2) is 0 Å². The fourth-order valence-corrected chi connectivity index (χ4v) is 2.59. The van der Waals surface area contributed by atoms with Gasteiger partial charge in [0.25, 0.3) is 0 Å². The molecule has 0 spiro atoms. The van der Waals surface area contributed by atoms with Crippen LogP contribution in [0, 0.1) is 0 Å². The Morgan fingerprint density at radius 3 is 2.79 bits per heavy atom. The number of nitrogens with two attached hydrogens (primary N) is 1. The predicted molar refractivity (Wildman–Crippen MR) is 64.0 cm³/mol. The molecule has 4 heteroatoms. The van der Waals surface area contributed by atoms with Crippen LogP contribution in [0.4, 0.5) is 5.69 Å². The molecule has 0 saturated carbocycles. The molecule has 1 aromatic carbocycles. The van der Waals surface area contributed by atoms with Crippen LogP contribution in [0.5, 0.6) is 0 Å². The number of hydrogen-bond donors (Lipinski definition) is 1. The Morgan fingerprint density at radius 2 is 2.21 bits per heavy atom. The second kappa shape index (κ2) is 4.09. The van der Waals surface area contributed by atoms with E-state index in [9.17, 15) is 0 Å². The lowest BCUT2D eigenvalue weighted by molar-refractivity contribution is 0.752. The summed E-state index contributed by atoms with van der Waals surface area (Å²) < 4.78 is 1.01. The first kappa shape index (κ1) is 10.3. The van der Waals surface area contributed by atoms with E-state index in [-0.39, 0.29) is 0 Å². The fourth-order valence-electron chi connectivity index (χ4n) is 1.74. The van der Waals surface area contributed by atoms with Crippen molar-refractivity contribution in [3.05, 3.63) is 27.7 Å². The Labute approximate surface area is 97.2 Å². The van der Waals surface area contributed by atoms with Crippen molar-refractivity contribution < 1.29 is 0 Å². The molecule has 1 aliphatic rings. The van der Waals surface area contributed by atoms with Crippen molar-refractivity contribution in [3.8, 4) is 0 Å². The number of nitrogens with zero attached hydrogens (tertiary/aromatic N) is 1. The van der Waals surface area contributed by atoms with Gasteiger partial charge in [-0.1, -0.05) is 27.5 Å². The number of hydrogen-bond acceptors (Lipinski definition) is 2. The first-order valence-electron chi connectivity index (χ1n) is 4.62. The monoisotopic (exact) mass is 274 g/mol. The lowest BCUT2D eigenvalue weighted by Crippen LogP contribution is -2.26. The van der Waals surface area contributed by atoms with E-state index in [2.05, 4.69) is 26.9 Å². The molecule has 0 aromatic heterocycles. The van der Waals surface area contributed by atoms with Crippen LogP contribution < -0.4 is 10.6 Å². The molecular weight excluding hydrogens is 263 g/mol. The molecule has 0 radical (unpaired) electrons. The van der Waals surface area contributed by atoms with E-state index in [1.165, 1.54) is 0 Å². The molecule has 14 heavy (non-hydrogen) atoms. The van der Waals surface area contributed by atoms with Gasteiger partial charge in [0.2, 0.25) is 0 Å². The van der Waals surface area contributed by atoms with E-state index in [1.807, 2.05) is 12.1 Å². The van der Waals surface area contributed by atoms with Crippen LogP contribution in [0.3, 0.4) is 0 Å². The highest BCUT2D eigenvalue weighted by Crippen LogP contribution is 2.27. The van der Waals surface area contributed by atoms with Crippen molar-refractivity contribution >= 4 is 33.2 Å². The molecular formula is C10H12BrClN2. The molecule has 1 saturated heterocycles. The average Bonchev–Trinajstić information content (AvgIpc) is 2.50.